The zero-order valence-corrected chi connectivity index (χ0v) is 18.5. The van der Waals surface area contributed by atoms with Crippen LogP contribution in [0.5, 0.6) is 0 Å². The molecular weight excluding hydrogens is 465 g/mol. The third-order valence-corrected chi connectivity index (χ3v) is 5.36. The number of aromatic nitrogens is 2. The minimum Gasteiger partial charge on any atom is -0.861 e. The number of halogens is 3. The van der Waals surface area contributed by atoms with Gasteiger partial charge in [-0.1, -0.05) is 30.3 Å². The first-order valence-electron chi connectivity index (χ1n) is 10.9. The molecule has 1 fully saturated rings. The second-order valence-electron chi connectivity index (χ2n) is 8.04. The Morgan fingerprint density at radius 2 is 1.91 bits per heavy atom. The second-order valence-corrected chi connectivity index (χ2v) is 8.04. The van der Waals surface area contributed by atoms with E-state index >= 15 is 0 Å². The molecule has 184 valence electrons. The number of benzene rings is 2. The Bertz CT molecular complexity index is 1190. The van der Waals surface area contributed by atoms with Crippen LogP contribution < -0.4 is 25.7 Å². The number of carbonyl (C=O) groups excluding carboxylic acids is 1. The number of carbonyl (C=O) groups is 1. The summed E-state index contributed by atoms with van der Waals surface area (Å²) < 4.78 is 47.0. The van der Waals surface area contributed by atoms with Crippen molar-refractivity contribution in [3.8, 4) is 0 Å². The molecular formula is C23H23F3N6O3. The molecule has 0 bridgehead atoms. The van der Waals surface area contributed by atoms with Gasteiger partial charge in [0.2, 0.25) is 5.27 Å². The lowest BCUT2D eigenvalue weighted by Crippen LogP contribution is -2.46. The van der Waals surface area contributed by atoms with Gasteiger partial charge in [0.15, 0.2) is 6.04 Å². The van der Waals surface area contributed by atoms with Gasteiger partial charge in [-0.2, -0.15) is 13.2 Å². The number of piperidine rings is 1. The highest BCUT2D eigenvalue weighted by atomic mass is 19.4. The van der Waals surface area contributed by atoms with Gasteiger partial charge in [-0.05, 0) is 34.3 Å². The van der Waals surface area contributed by atoms with E-state index < -0.39 is 23.7 Å². The number of aliphatic imine (C=N–C) groups is 1. The molecule has 2 aromatic carbocycles. The van der Waals surface area contributed by atoms with Crippen LogP contribution in [0.1, 0.15) is 30.0 Å². The molecule has 1 aliphatic heterocycles. The van der Waals surface area contributed by atoms with Crippen LogP contribution in [0.2, 0.25) is 0 Å². The summed E-state index contributed by atoms with van der Waals surface area (Å²) in [5, 5.41) is 24.1. The van der Waals surface area contributed by atoms with Crippen LogP contribution in [0.25, 0.3) is 0 Å². The summed E-state index contributed by atoms with van der Waals surface area (Å²) in [6, 6.07) is 10.7. The van der Waals surface area contributed by atoms with Gasteiger partial charge in [-0.15, -0.1) is 0 Å². The molecule has 1 aromatic heterocycles. The largest absolute Gasteiger partial charge is 0.861 e. The van der Waals surface area contributed by atoms with Crippen molar-refractivity contribution < 1.29 is 32.3 Å². The summed E-state index contributed by atoms with van der Waals surface area (Å²) in [7, 11) is 0. The Morgan fingerprint density at radius 3 is 2.63 bits per heavy atom. The number of urea groups is 1. The third kappa shape index (κ3) is 6.79. The van der Waals surface area contributed by atoms with Gasteiger partial charge < -0.3 is 15.7 Å². The first-order chi connectivity index (χ1) is 16.8. The highest BCUT2D eigenvalue weighted by Crippen LogP contribution is 2.34. The zero-order chi connectivity index (χ0) is 24.8. The van der Waals surface area contributed by atoms with E-state index in [4.69, 9.17) is 4.52 Å². The van der Waals surface area contributed by atoms with Crippen molar-refractivity contribution in [3.63, 3.8) is 0 Å². The van der Waals surface area contributed by atoms with E-state index in [0.717, 1.165) is 38.1 Å². The SMILES string of the molecule is O=C(Nc1cc(N=C([O-])Cc2ccccc2)cc(C(F)(F)F)c1)Nc1c[n+](C2CCNCC2)no1. The molecule has 0 radical (unpaired) electrons. The lowest BCUT2D eigenvalue weighted by Gasteiger charge is -2.14. The summed E-state index contributed by atoms with van der Waals surface area (Å²) in [5.74, 6) is -0.578. The van der Waals surface area contributed by atoms with Gasteiger partial charge in [0.1, 0.15) is 0 Å². The Morgan fingerprint density at radius 1 is 1.17 bits per heavy atom. The lowest BCUT2D eigenvalue weighted by atomic mass is 10.1. The van der Waals surface area contributed by atoms with Gasteiger partial charge in [0, 0.05) is 38.0 Å². The van der Waals surface area contributed by atoms with Crippen LogP contribution in [-0.2, 0) is 12.6 Å². The average Bonchev–Trinajstić information content (AvgIpc) is 3.28. The van der Waals surface area contributed by atoms with Crippen LogP contribution >= 0.6 is 0 Å². The van der Waals surface area contributed by atoms with Crippen molar-refractivity contribution in [1.29, 1.82) is 0 Å². The van der Waals surface area contributed by atoms with Gasteiger partial charge in [-0.3, -0.25) is 14.8 Å². The number of nitrogens with one attached hydrogen (secondary N) is 3. The van der Waals surface area contributed by atoms with Crippen molar-refractivity contribution in [3.05, 3.63) is 65.9 Å². The van der Waals surface area contributed by atoms with E-state index in [1.165, 1.54) is 12.3 Å². The first kappa shape index (κ1) is 24.2. The highest BCUT2D eigenvalue weighted by molar-refractivity contribution is 5.99. The number of hydrogen-bond acceptors (Lipinski definition) is 6. The monoisotopic (exact) mass is 488 g/mol. The summed E-state index contributed by atoms with van der Waals surface area (Å²) in [6.45, 7) is 1.68. The zero-order valence-electron chi connectivity index (χ0n) is 18.5. The van der Waals surface area contributed by atoms with Crippen LogP contribution in [0.3, 0.4) is 0 Å². The van der Waals surface area contributed by atoms with Crippen molar-refractivity contribution in [2.45, 2.75) is 31.5 Å². The average molecular weight is 488 g/mol. The minimum atomic E-state index is -4.70. The van der Waals surface area contributed by atoms with Crippen LogP contribution in [0.15, 0.2) is 64.2 Å². The Kier molecular flexibility index (Phi) is 7.30. The van der Waals surface area contributed by atoms with E-state index in [9.17, 15) is 23.1 Å². The molecule has 2 heterocycles. The first-order valence-corrected chi connectivity index (χ1v) is 10.9. The van der Waals surface area contributed by atoms with Crippen LogP contribution in [-0.4, -0.2) is 30.3 Å². The van der Waals surface area contributed by atoms with E-state index in [-0.39, 0.29) is 29.7 Å². The second kappa shape index (κ2) is 10.6. The van der Waals surface area contributed by atoms with Gasteiger partial charge in [0.05, 0.1) is 11.3 Å². The molecule has 9 nitrogen and oxygen atoms in total. The number of amides is 2. The topological polar surface area (TPSA) is 118 Å². The fraction of sp³-hybridized carbons (Fsp3) is 0.304. The minimum absolute atomic E-state index is 0.0379. The molecule has 1 saturated heterocycles. The molecule has 0 saturated carbocycles. The lowest BCUT2D eigenvalue weighted by molar-refractivity contribution is -0.786. The maximum absolute atomic E-state index is 13.4. The predicted octanol–water partition coefficient (Wildman–Crippen LogP) is 3.18. The summed E-state index contributed by atoms with van der Waals surface area (Å²) in [5.41, 5.74) is -0.779. The van der Waals surface area contributed by atoms with Crippen molar-refractivity contribution in [2.24, 2.45) is 4.99 Å². The van der Waals surface area contributed by atoms with Gasteiger partial charge >= 0.3 is 18.1 Å². The summed E-state index contributed by atoms with van der Waals surface area (Å²) in [6.07, 6.45) is -1.55. The van der Waals surface area contributed by atoms with Crippen molar-refractivity contribution >= 4 is 29.2 Å². The standard InChI is InChI=1S/C23H23F3N6O3/c24-23(25,26)16-11-17(28-20(33)10-15-4-2-1-3-5-15)13-18(12-16)29-22(34)30-21-14-32(31-35-21)19-6-8-27-9-7-19/h1-5,11-14,19,27H,6-10H2,(H2-,28,29,30,31,33,34). The number of anilines is 2. The highest BCUT2D eigenvalue weighted by Gasteiger charge is 2.31. The molecule has 2 amide bonds. The van der Waals surface area contributed by atoms with Crippen LogP contribution in [0.4, 0.5) is 35.2 Å². The Labute approximate surface area is 198 Å². The number of rotatable bonds is 6. The van der Waals surface area contributed by atoms with Crippen molar-refractivity contribution in [1.82, 2.24) is 10.6 Å². The van der Waals surface area contributed by atoms with Crippen LogP contribution in [0, 0.1) is 0 Å². The van der Waals surface area contributed by atoms with Gasteiger partial charge in [0.25, 0.3) is 6.20 Å². The fourth-order valence-corrected chi connectivity index (χ4v) is 3.70. The summed E-state index contributed by atoms with van der Waals surface area (Å²) >= 11 is 0. The van der Waals surface area contributed by atoms with E-state index in [1.807, 2.05) is 0 Å². The molecule has 0 aliphatic carbocycles. The number of nitrogens with zero attached hydrogens (tertiary/aromatic N) is 3. The molecule has 0 spiro atoms. The van der Waals surface area contributed by atoms with Crippen molar-refractivity contribution in [2.75, 3.05) is 23.7 Å². The van der Waals surface area contributed by atoms with E-state index in [0.29, 0.717) is 5.56 Å². The number of alkyl halides is 3. The predicted molar refractivity (Wildman–Crippen MR) is 119 cm³/mol. The molecule has 12 heteroatoms. The molecule has 35 heavy (non-hydrogen) atoms. The molecule has 0 atom stereocenters. The normalized spacial score (nSPS) is 15.1. The molecule has 3 N–H and O–H groups in total. The molecule has 4 rings (SSSR count). The smallest absolute Gasteiger partial charge is 0.416 e. The van der Waals surface area contributed by atoms with E-state index in [1.54, 1.807) is 35.0 Å². The van der Waals surface area contributed by atoms with Gasteiger partial charge in [-0.25, -0.2) is 4.79 Å². The fourth-order valence-electron chi connectivity index (χ4n) is 3.70. The maximum atomic E-state index is 13.4. The number of hydrogen-bond donors (Lipinski definition) is 3. The maximum Gasteiger partial charge on any atom is 0.416 e. The summed E-state index contributed by atoms with van der Waals surface area (Å²) in [4.78, 5) is 16.2. The quantitative estimate of drug-likeness (QED) is 0.280. The Hall–Kier alpha value is -3.93. The Balaban J connectivity index is 1.48. The van der Waals surface area contributed by atoms with E-state index in [2.05, 4.69) is 26.2 Å². The molecule has 0 unspecified atom stereocenters. The molecule has 3 aromatic rings. The molecule has 1 aliphatic rings. The third-order valence-electron chi connectivity index (χ3n) is 5.36.